The molecule has 2 amide bonds. The van der Waals surface area contributed by atoms with Crippen LogP contribution in [0.4, 0.5) is 19.3 Å². The second-order valence-corrected chi connectivity index (χ2v) is 5.03. The number of carbonyl (C=O) groups is 1. The first kappa shape index (κ1) is 17.4. The van der Waals surface area contributed by atoms with E-state index in [4.69, 9.17) is 11.5 Å². The summed E-state index contributed by atoms with van der Waals surface area (Å²) in [6.07, 6.45) is 5.36. The minimum atomic E-state index is -0.962. The molecule has 0 spiro atoms. The Morgan fingerprint density at radius 3 is 2.38 bits per heavy atom. The molecule has 1 atom stereocenters. The maximum atomic E-state index is 13.8. The molecule has 4 nitrogen and oxygen atoms in total. The quantitative estimate of drug-likeness (QED) is 0.737. The van der Waals surface area contributed by atoms with Crippen LogP contribution in [-0.4, -0.2) is 17.7 Å². The van der Waals surface area contributed by atoms with Gasteiger partial charge in [-0.05, 0) is 24.1 Å². The minimum absolute atomic E-state index is 0.0402. The number of carbonyl (C=O) groups excluding carboxylic acids is 1. The monoisotopic (exact) mass is 330 g/mol. The second kappa shape index (κ2) is 8.09. The number of halogens is 2. The predicted octanol–water partition coefficient (Wildman–Crippen LogP) is 3.19. The van der Waals surface area contributed by atoms with Crippen LogP contribution in [0.5, 0.6) is 0 Å². The van der Waals surface area contributed by atoms with E-state index in [0.717, 1.165) is 17.7 Å². The van der Waals surface area contributed by atoms with E-state index in [1.807, 2.05) is 6.07 Å². The molecule has 2 rings (SSSR count). The summed E-state index contributed by atoms with van der Waals surface area (Å²) in [5.41, 5.74) is 0.228. The fraction of sp³-hybridized carbons (Fsp3) is 0.167. The maximum Gasteiger partial charge on any atom is 0.319 e. The first-order valence-corrected chi connectivity index (χ1v) is 7.24. The van der Waals surface area contributed by atoms with Gasteiger partial charge in [0, 0.05) is 12.2 Å². The van der Waals surface area contributed by atoms with Crippen LogP contribution in [-0.2, 0) is 0 Å². The van der Waals surface area contributed by atoms with Gasteiger partial charge in [-0.1, -0.05) is 36.3 Å². The lowest BCUT2D eigenvalue weighted by atomic mass is 10.0. The molecular weight excluding hydrogens is 314 g/mol. The van der Waals surface area contributed by atoms with Crippen molar-refractivity contribution in [1.82, 2.24) is 5.32 Å². The zero-order valence-electron chi connectivity index (χ0n) is 12.7. The summed E-state index contributed by atoms with van der Waals surface area (Å²) in [4.78, 5) is 12.1. The molecule has 0 aliphatic heterocycles. The zero-order chi connectivity index (χ0) is 17.5. The van der Waals surface area contributed by atoms with Gasteiger partial charge in [0.15, 0.2) is 11.6 Å². The van der Waals surface area contributed by atoms with Crippen molar-refractivity contribution in [2.75, 3.05) is 11.9 Å². The Bertz CT molecular complexity index is 734. The van der Waals surface area contributed by atoms with Crippen LogP contribution in [0.3, 0.4) is 0 Å². The van der Waals surface area contributed by atoms with Gasteiger partial charge in [-0.25, -0.2) is 13.6 Å². The van der Waals surface area contributed by atoms with Gasteiger partial charge in [-0.2, -0.15) is 0 Å². The summed E-state index contributed by atoms with van der Waals surface area (Å²) in [6, 6.07) is 9.59. The lowest BCUT2D eigenvalue weighted by Crippen LogP contribution is -2.33. The van der Waals surface area contributed by atoms with Crippen LogP contribution in [0, 0.1) is 24.0 Å². The summed E-state index contributed by atoms with van der Waals surface area (Å²) >= 11 is 0. The molecule has 24 heavy (non-hydrogen) atoms. The normalized spacial score (nSPS) is 11.4. The van der Waals surface area contributed by atoms with Crippen molar-refractivity contribution in [2.24, 2.45) is 0 Å². The highest BCUT2D eigenvalue weighted by molar-refractivity contribution is 5.89. The number of urea groups is 1. The molecule has 3 N–H and O–H groups in total. The van der Waals surface area contributed by atoms with Gasteiger partial charge >= 0.3 is 6.03 Å². The maximum absolute atomic E-state index is 13.8. The average Bonchev–Trinajstić information content (AvgIpc) is 2.58. The standard InChI is InChI=1S/C18H16F2N2O2/c1-2-12-10-14(19)17(15(20)11-12)22-18(24)21-16(8-9-23)13-6-4-3-5-7-13/h1,3-7,10-11,16,23H,8-9H2,(H2,21,22,24)/t16-/m1/s1. The zero-order valence-corrected chi connectivity index (χ0v) is 12.7. The molecule has 6 heteroatoms. The summed E-state index contributed by atoms with van der Waals surface area (Å²) in [6.45, 7) is -0.153. The number of rotatable bonds is 5. The predicted molar refractivity (Wildman–Crippen MR) is 87.3 cm³/mol. The smallest absolute Gasteiger partial charge is 0.319 e. The molecule has 0 radical (unpaired) electrons. The fourth-order valence-corrected chi connectivity index (χ4v) is 2.22. The number of amides is 2. The lowest BCUT2D eigenvalue weighted by Gasteiger charge is -2.19. The number of benzene rings is 2. The van der Waals surface area contributed by atoms with Gasteiger partial charge < -0.3 is 15.7 Å². The van der Waals surface area contributed by atoms with Crippen molar-refractivity contribution in [3.63, 3.8) is 0 Å². The third kappa shape index (κ3) is 4.31. The van der Waals surface area contributed by atoms with E-state index >= 15 is 0 Å². The number of aliphatic hydroxyl groups is 1. The van der Waals surface area contributed by atoms with Crippen LogP contribution in [0.25, 0.3) is 0 Å². The molecule has 0 aliphatic carbocycles. The topological polar surface area (TPSA) is 61.4 Å². The van der Waals surface area contributed by atoms with Gasteiger partial charge in [0.1, 0.15) is 5.69 Å². The average molecular weight is 330 g/mol. The van der Waals surface area contributed by atoms with Gasteiger partial charge in [0.2, 0.25) is 0 Å². The van der Waals surface area contributed by atoms with Crippen LogP contribution in [0.1, 0.15) is 23.6 Å². The van der Waals surface area contributed by atoms with Gasteiger partial charge in [0.05, 0.1) is 6.04 Å². The van der Waals surface area contributed by atoms with Crippen LogP contribution in [0.15, 0.2) is 42.5 Å². The summed E-state index contributed by atoms with van der Waals surface area (Å²) in [5.74, 6) is 0.200. The van der Waals surface area contributed by atoms with Crippen molar-refractivity contribution in [3.05, 3.63) is 65.2 Å². The SMILES string of the molecule is C#Cc1cc(F)c(NC(=O)N[C@H](CCO)c2ccccc2)c(F)c1. The molecule has 2 aromatic carbocycles. The summed E-state index contributed by atoms with van der Waals surface area (Å²) in [7, 11) is 0. The number of aliphatic hydroxyl groups excluding tert-OH is 1. The Morgan fingerprint density at radius 1 is 1.21 bits per heavy atom. The first-order chi connectivity index (χ1) is 11.5. The second-order valence-electron chi connectivity index (χ2n) is 5.03. The fourth-order valence-electron chi connectivity index (χ4n) is 2.22. The summed E-state index contributed by atoms with van der Waals surface area (Å²) in [5, 5.41) is 13.9. The van der Waals surface area contributed by atoms with E-state index in [1.165, 1.54) is 0 Å². The largest absolute Gasteiger partial charge is 0.396 e. The Balaban J connectivity index is 2.13. The number of terminal acetylenes is 1. The molecule has 124 valence electrons. The molecule has 2 aromatic rings. The molecule has 0 saturated carbocycles. The van der Waals surface area contributed by atoms with E-state index in [1.54, 1.807) is 24.3 Å². The third-order valence-corrected chi connectivity index (χ3v) is 3.37. The third-order valence-electron chi connectivity index (χ3n) is 3.37. The summed E-state index contributed by atoms with van der Waals surface area (Å²) < 4.78 is 27.7. The molecule has 0 heterocycles. The molecule has 0 aliphatic rings. The number of anilines is 1. The minimum Gasteiger partial charge on any atom is -0.396 e. The molecule has 0 saturated heterocycles. The van der Waals surface area contributed by atoms with Crippen LogP contribution >= 0.6 is 0 Å². The van der Waals surface area contributed by atoms with Crippen LogP contribution < -0.4 is 10.6 Å². The van der Waals surface area contributed by atoms with Crippen molar-refractivity contribution in [2.45, 2.75) is 12.5 Å². The Kier molecular flexibility index (Phi) is 5.88. The Morgan fingerprint density at radius 2 is 1.83 bits per heavy atom. The number of nitrogens with one attached hydrogen (secondary N) is 2. The van der Waals surface area contributed by atoms with E-state index in [2.05, 4.69) is 16.6 Å². The van der Waals surface area contributed by atoms with Gasteiger partial charge in [-0.15, -0.1) is 6.42 Å². The van der Waals surface area contributed by atoms with Crippen molar-refractivity contribution in [3.8, 4) is 12.3 Å². The highest BCUT2D eigenvalue weighted by atomic mass is 19.1. The van der Waals surface area contributed by atoms with Crippen molar-refractivity contribution >= 4 is 11.7 Å². The van der Waals surface area contributed by atoms with E-state index in [0.29, 0.717) is 0 Å². The highest BCUT2D eigenvalue weighted by Gasteiger charge is 2.17. The Labute approximate surface area is 138 Å². The molecule has 0 bridgehead atoms. The van der Waals surface area contributed by atoms with Crippen LogP contribution in [0.2, 0.25) is 0 Å². The number of hydrogen-bond donors (Lipinski definition) is 3. The van der Waals surface area contributed by atoms with Crippen molar-refractivity contribution < 1.29 is 18.7 Å². The molecule has 0 aromatic heterocycles. The Hall–Kier alpha value is -2.91. The van der Waals surface area contributed by atoms with E-state index in [9.17, 15) is 13.6 Å². The van der Waals surface area contributed by atoms with Gasteiger partial charge in [0.25, 0.3) is 0 Å². The molecule has 0 unspecified atom stereocenters. The lowest BCUT2D eigenvalue weighted by molar-refractivity contribution is 0.239. The van der Waals surface area contributed by atoms with E-state index in [-0.39, 0.29) is 18.6 Å². The van der Waals surface area contributed by atoms with E-state index < -0.39 is 29.4 Å². The first-order valence-electron chi connectivity index (χ1n) is 7.24. The number of hydrogen-bond acceptors (Lipinski definition) is 2. The van der Waals surface area contributed by atoms with Crippen molar-refractivity contribution in [1.29, 1.82) is 0 Å². The van der Waals surface area contributed by atoms with Gasteiger partial charge in [-0.3, -0.25) is 0 Å². The molecule has 0 fully saturated rings. The molecular formula is C18H16F2N2O2. The highest BCUT2D eigenvalue weighted by Crippen LogP contribution is 2.21.